The zero-order valence-corrected chi connectivity index (χ0v) is 14.5. The standard InChI is InChI=1S/C18H19N3O2S/c1-3-22-16-7-5-4-6-15(16)21-17(19-20-18(21)24)12-23-14-10-8-13(2)9-11-14/h4-11H,3,12H2,1-2H3,(H,20,24). The Morgan fingerprint density at radius 2 is 1.83 bits per heavy atom. The van der Waals surface area contributed by atoms with Gasteiger partial charge in [0, 0.05) is 0 Å². The van der Waals surface area contributed by atoms with Crippen LogP contribution in [0.3, 0.4) is 0 Å². The van der Waals surface area contributed by atoms with Gasteiger partial charge < -0.3 is 9.47 Å². The number of benzene rings is 2. The smallest absolute Gasteiger partial charge is 0.200 e. The molecule has 0 unspecified atom stereocenters. The zero-order chi connectivity index (χ0) is 16.9. The maximum absolute atomic E-state index is 5.83. The molecule has 124 valence electrons. The van der Waals surface area contributed by atoms with Crippen LogP contribution in [0, 0.1) is 11.7 Å². The fourth-order valence-electron chi connectivity index (χ4n) is 2.38. The highest BCUT2D eigenvalue weighted by Gasteiger charge is 2.13. The van der Waals surface area contributed by atoms with Gasteiger partial charge in [-0.05, 0) is 50.3 Å². The summed E-state index contributed by atoms with van der Waals surface area (Å²) in [5.41, 5.74) is 2.04. The van der Waals surface area contributed by atoms with Crippen LogP contribution in [-0.4, -0.2) is 21.4 Å². The van der Waals surface area contributed by atoms with Crippen molar-refractivity contribution in [3.8, 4) is 17.2 Å². The van der Waals surface area contributed by atoms with Crippen LogP contribution in [-0.2, 0) is 6.61 Å². The molecule has 5 nitrogen and oxygen atoms in total. The number of aromatic nitrogens is 3. The SMILES string of the molecule is CCOc1ccccc1-n1c(COc2ccc(C)cc2)n[nH]c1=S. The minimum atomic E-state index is 0.302. The van der Waals surface area contributed by atoms with E-state index in [1.807, 2.05) is 66.9 Å². The number of aromatic amines is 1. The van der Waals surface area contributed by atoms with Crippen LogP contribution >= 0.6 is 12.2 Å². The fourth-order valence-corrected chi connectivity index (χ4v) is 2.63. The average molecular weight is 341 g/mol. The number of aryl methyl sites for hydroxylation is 1. The molecule has 0 atom stereocenters. The molecule has 0 amide bonds. The van der Waals surface area contributed by atoms with Gasteiger partial charge in [0.05, 0.1) is 12.3 Å². The first kappa shape index (κ1) is 16.3. The van der Waals surface area contributed by atoms with Gasteiger partial charge in [-0.25, -0.2) is 0 Å². The van der Waals surface area contributed by atoms with Crippen molar-refractivity contribution in [2.45, 2.75) is 20.5 Å². The molecule has 0 spiro atoms. The molecule has 2 aromatic carbocycles. The van der Waals surface area contributed by atoms with Crippen LogP contribution in [0.5, 0.6) is 11.5 Å². The third-order valence-electron chi connectivity index (χ3n) is 3.54. The predicted octanol–water partition coefficient (Wildman–Crippen LogP) is 4.22. The van der Waals surface area contributed by atoms with E-state index in [9.17, 15) is 0 Å². The molecule has 6 heteroatoms. The van der Waals surface area contributed by atoms with Crippen LogP contribution in [0.4, 0.5) is 0 Å². The third kappa shape index (κ3) is 3.49. The number of ether oxygens (including phenoxy) is 2. The summed E-state index contributed by atoms with van der Waals surface area (Å²) in [6, 6.07) is 15.6. The second kappa shape index (κ2) is 7.31. The first-order valence-electron chi connectivity index (χ1n) is 7.77. The molecular formula is C18H19N3O2S. The third-order valence-corrected chi connectivity index (χ3v) is 3.81. The van der Waals surface area contributed by atoms with Crippen molar-refractivity contribution in [2.24, 2.45) is 0 Å². The molecule has 24 heavy (non-hydrogen) atoms. The summed E-state index contributed by atoms with van der Waals surface area (Å²) in [5.74, 6) is 2.24. The Kier molecular flexibility index (Phi) is 4.96. The van der Waals surface area contributed by atoms with Crippen molar-refractivity contribution in [1.29, 1.82) is 0 Å². The van der Waals surface area contributed by atoms with Crippen LogP contribution in [0.2, 0.25) is 0 Å². The highest BCUT2D eigenvalue weighted by molar-refractivity contribution is 7.71. The Morgan fingerprint density at radius 3 is 2.58 bits per heavy atom. The molecule has 3 rings (SSSR count). The number of hydrogen-bond acceptors (Lipinski definition) is 4. The Hall–Kier alpha value is -2.60. The topological polar surface area (TPSA) is 52.1 Å². The average Bonchev–Trinajstić information content (AvgIpc) is 2.96. The molecule has 0 aliphatic carbocycles. The van der Waals surface area contributed by atoms with Gasteiger partial charge in [0.2, 0.25) is 0 Å². The summed E-state index contributed by atoms with van der Waals surface area (Å²) in [7, 11) is 0. The van der Waals surface area contributed by atoms with Crippen LogP contribution < -0.4 is 9.47 Å². The van der Waals surface area contributed by atoms with Gasteiger partial charge >= 0.3 is 0 Å². The normalized spacial score (nSPS) is 10.6. The highest BCUT2D eigenvalue weighted by Crippen LogP contribution is 2.24. The van der Waals surface area contributed by atoms with Gasteiger partial charge in [-0.1, -0.05) is 29.8 Å². The predicted molar refractivity (Wildman–Crippen MR) is 95.4 cm³/mol. The second-order valence-corrected chi connectivity index (χ2v) is 5.67. The minimum absolute atomic E-state index is 0.302. The molecule has 1 aromatic heterocycles. The Balaban J connectivity index is 1.89. The molecule has 0 aliphatic heterocycles. The summed E-state index contributed by atoms with van der Waals surface area (Å²) < 4.78 is 13.9. The van der Waals surface area contributed by atoms with Gasteiger partial charge in [0.1, 0.15) is 18.1 Å². The maximum Gasteiger partial charge on any atom is 0.200 e. The van der Waals surface area contributed by atoms with Crippen LogP contribution in [0.25, 0.3) is 5.69 Å². The molecule has 0 saturated carbocycles. The molecule has 1 N–H and O–H groups in total. The highest BCUT2D eigenvalue weighted by atomic mass is 32.1. The largest absolute Gasteiger partial charge is 0.492 e. The Labute approximate surface area is 145 Å². The van der Waals surface area contributed by atoms with E-state index in [-0.39, 0.29) is 0 Å². The van der Waals surface area contributed by atoms with E-state index in [1.54, 1.807) is 0 Å². The molecule has 0 radical (unpaired) electrons. The molecular weight excluding hydrogens is 322 g/mol. The van der Waals surface area contributed by atoms with E-state index in [2.05, 4.69) is 10.2 Å². The van der Waals surface area contributed by atoms with Crippen molar-refractivity contribution in [2.75, 3.05) is 6.61 Å². The monoisotopic (exact) mass is 341 g/mol. The van der Waals surface area contributed by atoms with Crippen molar-refractivity contribution in [1.82, 2.24) is 14.8 Å². The molecule has 1 heterocycles. The summed E-state index contributed by atoms with van der Waals surface area (Å²) in [6.45, 7) is 4.88. The van der Waals surface area contributed by atoms with Crippen LogP contribution in [0.15, 0.2) is 48.5 Å². The van der Waals surface area contributed by atoms with Crippen molar-refractivity contribution in [3.05, 3.63) is 64.7 Å². The van der Waals surface area contributed by atoms with E-state index >= 15 is 0 Å². The number of para-hydroxylation sites is 2. The Morgan fingerprint density at radius 1 is 1.08 bits per heavy atom. The van der Waals surface area contributed by atoms with Crippen molar-refractivity contribution >= 4 is 12.2 Å². The quantitative estimate of drug-likeness (QED) is 0.682. The number of hydrogen-bond donors (Lipinski definition) is 1. The van der Waals surface area contributed by atoms with E-state index in [1.165, 1.54) is 5.56 Å². The first-order valence-corrected chi connectivity index (χ1v) is 8.18. The summed E-state index contributed by atoms with van der Waals surface area (Å²) in [5, 5.41) is 7.12. The molecule has 0 bridgehead atoms. The second-order valence-electron chi connectivity index (χ2n) is 5.28. The van der Waals surface area contributed by atoms with Gasteiger partial charge in [-0.3, -0.25) is 9.67 Å². The lowest BCUT2D eigenvalue weighted by molar-refractivity contribution is 0.292. The van der Waals surface area contributed by atoms with Gasteiger partial charge in [0.25, 0.3) is 0 Å². The maximum atomic E-state index is 5.83. The molecule has 0 saturated heterocycles. The lowest BCUT2D eigenvalue weighted by atomic mass is 10.2. The van der Waals surface area contributed by atoms with E-state index in [4.69, 9.17) is 21.7 Å². The van der Waals surface area contributed by atoms with Crippen LogP contribution in [0.1, 0.15) is 18.3 Å². The molecule has 0 fully saturated rings. The molecule has 3 aromatic rings. The van der Waals surface area contributed by atoms with E-state index in [0.717, 1.165) is 17.2 Å². The first-order chi connectivity index (χ1) is 11.7. The number of nitrogens with one attached hydrogen (secondary N) is 1. The number of H-pyrrole nitrogens is 1. The summed E-state index contributed by atoms with van der Waals surface area (Å²) in [6.07, 6.45) is 0. The van der Waals surface area contributed by atoms with Crippen molar-refractivity contribution < 1.29 is 9.47 Å². The number of nitrogens with zero attached hydrogens (tertiary/aromatic N) is 2. The molecule has 0 aliphatic rings. The minimum Gasteiger partial charge on any atom is -0.492 e. The van der Waals surface area contributed by atoms with Gasteiger partial charge in [-0.2, -0.15) is 5.10 Å². The van der Waals surface area contributed by atoms with E-state index in [0.29, 0.717) is 23.8 Å². The van der Waals surface area contributed by atoms with Gasteiger partial charge in [-0.15, -0.1) is 0 Å². The van der Waals surface area contributed by atoms with E-state index < -0.39 is 0 Å². The lowest BCUT2D eigenvalue weighted by Gasteiger charge is -2.13. The lowest BCUT2D eigenvalue weighted by Crippen LogP contribution is -2.07. The summed E-state index contributed by atoms with van der Waals surface area (Å²) in [4.78, 5) is 0. The van der Waals surface area contributed by atoms with Gasteiger partial charge in [0.15, 0.2) is 10.6 Å². The zero-order valence-electron chi connectivity index (χ0n) is 13.7. The number of rotatable bonds is 6. The fraction of sp³-hybridized carbons (Fsp3) is 0.222. The Bertz CT molecular complexity index is 868. The van der Waals surface area contributed by atoms with Crippen molar-refractivity contribution in [3.63, 3.8) is 0 Å². The summed E-state index contributed by atoms with van der Waals surface area (Å²) >= 11 is 5.38.